The fourth-order valence-electron chi connectivity index (χ4n) is 1.05. The van der Waals surface area contributed by atoms with E-state index in [1.54, 1.807) is 19.5 Å². The lowest BCUT2D eigenvalue weighted by atomic mass is 10.3. The molecule has 0 radical (unpaired) electrons. The molecule has 0 saturated heterocycles. The average Bonchev–Trinajstić information content (AvgIpc) is 2.20. The number of ether oxygens (including phenoxy) is 1. The Hall–Kier alpha value is -0.650. The highest BCUT2D eigenvalue weighted by Gasteiger charge is 2.08. The zero-order chi connectivity index (χ0) is 10.4. The lowest BCUT2D eigenvalue weighted by Crippen LogP contribution is -2.28. The van der Waals surface area contributed by atoms with Gasteiger partial charge in [0.25, 0.3) is 0 Å². The van der Waals surface area contributed by atoms with Gasteiger partial charge in [-0.15, -0.1) is 0 Å². The van der Waals surface area contributed by atoms with Crippen LogP contribution in [-0.4, -0.2) is 36.5 Å². The topological polar surface area (TPSA) is 54.4 Å². The van der Waals surface area contributed by atoms with Crippen molar-refractivity contribution in [3.05, 3.63) is 22.9 Å². The highest BCUT2D eigenvalue weighted by atomic mass is 79.9. The second-order valence-electron chi connectivity index (χ2n) is 2.83. The van der Waals surface area contributed by atoms with Crippen molar-refractivity contribution in [3.63, 3.8) is 0 Å². The van der Waals surface area contributed by atoms with Crippen LogP contribution in [0.1, 0.15) is 0 Å². The van der Waals surface area contributed by atoms with E-state index in [2.05, 4.69) is 26.2 Å². The van der Waals surface area contributed by atoms with Crippen molar-refractivity contribution in [1.29, 1.82) is 0 Å². The predicted molar refractivity (Wildman–Crippen MR) is 58.3 cm³/mol. The molecule has 2 N–H and O–H groups in total. The average molecular weight is 261 g/mol. The van der Waals surface area contributed by atoms with Gasteiger partial charge in [-0.2, -0.15) is 0 Å². The molecule has 0 spiro atoms. The summed E-state index contributed by atoms with van der Waals surface area (Å²) in [7, 11) is 1.60. The van der Waals surface area contributed by atoms with Crippen LogP contribution >= 0.6 is 15.9 Å². The van der Waals surface area contributed by atoms with Gasteiger partial charge in [-0.05, 0) is 22.0 Å². The van der Waals surface area contributed by atoms with E-state index in [-0.39, 0.29) is 12.6 Å². The summed E-state index contributed by atoms with van der Waals surface area (Å²) in [6, 6.07) is 1.74. The maximum absolute atomic E-state index is 9.04. The maximum Gasteiger partial charge on any atom is 0.0726 e. The summed E-state index contributed by atoms with van der Waals surface area (Å²) in [6.45, 7) is 0.494. The minimum atomic E-state index is -0.0984. The number of nitrogens with one attached hydrogen (secondary N) is 1. The van der Waals surface area contributed by atoms with Crippen molar-refractivity contribution in [2.24, 2.45) is 0 Å². The van der Waals surface area contributed by atoms with E-state index in [0.29, 0.717) is 6.61 Å². The molecule has 0 amide bonds. The van der Waals surface area contributed by atoms with E-state index in [9.17, 15) is 0 Å². The third-order valence-electron chi connectivity index (χ3n) is 1.72. The van der Waals surface area contributed by atoms with Gasteiger partial charge in [0.1, 0.15) is 0 Å². The van der Waals surface area contributed by atoms with Crippen LogP contribution < -0.4 is 5.32 Å². The zero-order valence-corrected chi connectivity index (χ0v) is 9.49. The second-order valence-corrected chi connectivity index (χ2v) is 3.69. The molecule has 1 aromatic rings. The quantitative estimate of drug-likeness (QED) is 0.837. The van der Waals surface area contributed by atoms with Crippen molar-refractivity contribution >= 4 is 21.6 Å². The summed E-state index contributed by atoms with van der Waals surface area (Å²) >= 11 is 3.36. The number of hydrogen-bond donors (Lipinski definition) is 2. The standard InChI is InChI=1S/C9H13BrN2O2/c1-14-6-7(5-13)12-9-2-3-11-4-8(9)10/h2-4,7,13H,5-6H2,1H3,(H,11,12). The molecule has 1 rings (SSSR count). The summed E-state index contributed by atoms with van der Waals surface area (Å²) in [4.78, 5) is 3.94. The van der Waals surface area contributed by atoms with Gasteiger partial charge >= 0.3 is 0 Å². The molecule has 4 nitrogen and oxygen atoms in total. The van der Waals surface area contributed by atoms with Crippen LogP contribution in [0.5, 0.6) is 0 Å². The molecular formula is C9H13BrN2O2. The van der Waals surface area contributed by atoms with Crippen molar-refractivity contribution < 1.29 is 9.84 Å². The number of nitrogens with zero attached hydrogens (tertiary/aromatic N) is 1. The van der Waals surface area contributed by atoms with Crippen LogP contribution in [0.25, 0.3) is 0 Å². The van der Waals surface area contributed by atoms with Gasteiger partial charge in [0.15, 0.2) is 0 Å². The molecule has 0 aliphatic rings. The Bertz CT molecular complexity index is 283. The number of pyridine rings is 1. The Morgan fingerprint density at radius 1 is 1.71 bits per heavy atom. The first-order valence-corrected chi connectivity index (χ1v) is 5.03. The number of aliphatic hydroxyl groups is 1. The SMILES string of the molecule is COCC(CO)Nc1ccncc1Br. The Morgan fingerprint density at radius 3 is 3.07 bits per heavy atom. The first-order valence-electron chi connectivity index (χ1n) is 4.23. The molecule has 0 aliphatic carbocycles. The van der Waals surface area contributed by atoms with Gasteiger partial charge in [0.05, 0.1) is 29.4 Å². The van der Waals surface area contributed by atoms with Crippen LogP contribution in [-0.2, 0) is 4.74 Å². The van der Waals surface area contributed by atoms with Crippen LogP contribution in [0.2, 0.25) is 0 Å². The van der Waals surface area contributed by atoms with Gasteiger partial charge in [-0.25, -0.2) is 0 Å². The molecule has 1 unspecified atom stereocenters. The Labute approximate surface area is 91.4 Å². The molecule has 1 aromatic heterocycles. The van der Waals surface area contributed by atoms with E-state index in [0.717, 1.165) is 10.2 Å². The molecule has 5 heteroatoms. The van der Waals surface area contributed by atoms with Gasteiger partial charge in [0, 0.05) is 19.5 Å². The molecule has 0 saturated carbocycles. The first-order chi connectivity index (χ1) is 6.77. The molecule has 14 heavy (non-hydrogen) atoms. The second kappa shape index (κ2) is 5.95. The summed E-state index contributed by atoms with van der Waals surface area (Å²) in [5, 5.41) is 12.2. The Balaban J connectivity index is 2.62. The van der Waals surface area contributed by atoms with E-state index in [4.69, 9.17) is 9.84 Å². The lowest BCUT2D eigenvalue weighted by molar-refractivity contribution is 0.153. The largest absolute Gasteiger partial charge is 0.394 e. The number of rotatable bonds is 5. The number of aromatic nitrogens is 1. The van der Waals surface area contributed by atoms with Crippen LogP contribution in [0.4, 0.5) is 5.69 Å². The van der Waals surface area contributed by atoms with E-state index >= 15 is 0 Å². The first kappa shape index (κ1) is 11.4. The third kappa shape index (κ3) is 3.25. The van der Waals surface area contributed by atoms with Gasteiger partial charge in [-0.1, -0.05) is 0 Å². The van der Waals surface area contributed by atoms with Gasteiger partial charge in [0.2, 0.25) is 0 Å². The van der Waals surface area contributed by atoms with E-state index < -0.39 is 0 Å². The Kier molecular flexibility index (Phi) is 4.86. The summed E-state index contributed by atoms with van der Waals surface area (Å²) in [5.74, 6) is 0. The monoisotopic (exact) mass is 260 g/mol. The summed E-state index contributed by atoms with van der Waals surface area (Å²) in [5.41, 5.74) is 0.899. The number of methoxy groups -OCH3 is 1. The maximum atomic E-state index is 9.04. The molecule has 0 aromatic carbocycles. The number of anilines is 1. The number of hydrogen-bond acceptors (Lipinski definition) is 4. The Morgan fingerprint density at radius 2 is 2.50 bits per heavy atom. The summed E-state index contributed by atoms with van der Waals surface area (Å²) in [6.07, 6.45) is 3.39. The van der Waals surface area contributed by atoms with Gasteiger partial charge in [-0.3, -0.25) is 4.98 Å². The van der Waals surface area contributed by atoms with Crippen LogP contribution in [0.3, 0.4) is 0 Å². The number of aliphatic hydroxyl groups excluding tert-OH is 1. The molecule has 1 atom stereocenters. The van der Waals surface area contributed by atoms with Crippen LogP contribution in [0.15, 0.2) is 22.9 Å². The van der Waals surface area contributed by atoms with E-state index in [1.165, 1.54) is 0 Å². The van der Waals surface area contributed by atoms with Crippen molar-refractivity contribution in [2.75, 3.05) is 25.6 Å². The van der Waals surface area contributed by atoms with Gasteiger partial charge < -0.3 is 15.2 Å². The van der Waals surface area contributed by atoms with Crippen LogP contribution in [0, 0.1) is 0 Å². The molecule has 0 bridgehead atoms. The highest BCUT2D eigenvalue weighted by molar-refractivity contribution is 9.10. The van der Waals surface area contributed by atoms with E-state index in [1.807, 2.05) is 6.07 Å². The minimum absolute atomic E-state index is 0.0304. The molecule has 0 aliphatic heterocycles. The predicted octanol–water partition coefficient (Wildman–Crippen LogP) is 1.26. The molecular weight excluding hydrogens is 248 g/mol. The highest BCUT2D eigenvalue weighted by Crippen LogP contribution is 2.20. The zero-order valence-electron chi connectivity index (χ0n) is 7.90. The van der Waals surface area contributed by atoms with Crippen molar-refractivity contribution in [2.45, 2.75) is 6.04 Å². The fraction of sp³-hybridized carbons (Fsp3) is 0.444. The smallest absolute Gasteiger partial charge is 0.0726 e. The third-order valence-corrected chi connectivity index (χ3v) is 2.35. The number of halogens is 1. The van der Waals surface area contributed by atoms with Crippen molar-refractivity contribution in [1.82, 2.24) is 4.98 Å². The summed E-state index contributed by atoms with van der Waals surface area (Å²) < 4.78 is 5.82. The van der Waals surface area contributed by atoms with Crippen molar-refractivity contribution in [3.8, 4) is 0 Å². The minimum Gasteiger partial charge on any atom is -0.394 e. The normalized spacial score (nSPS) is 12.5. The molecule has 1 heterocycles. The molecule has 0 fully saturated rings. The fourth-order valence-corrected chi connectivity index (χ4v) is 1.42. The lowest BCUT2D eigenvalue weighted by Gasteiger charge is -2.17. The molecule has 78 valence electrons.